The SMILES string of the molecule is COc1ccc(F)cc1S(=O)(=O)NCc1cccnc1-c1cccs1. The van der Waals surface area contributed by atoms with Gasteiger partial charge >= 0.3 is 0 Å². The maximum atomic E-state index is 13.5. The van der Waals surface area contributed by atoms with Crippen LogP contribution in [0.3, 0.4) is 0 Å². The van der Waals surface area contributed by atoms with Crippen LogP contribution in [0.2, 0.25) is 0 Å². The van der Waals surface area contributed by atoms with Gasteiger partial charge in [-0.1, -0.05) is 12.1 Å². The highest BCUT2D eigenvalue weighted by atomic mass is 32.2. The molecule has 2 aromatic heterocycles. The topological polar surface area (TPSA) is 68.3 Å². The number of nitrogens with zero attached hydrogens (tertiary/aromatic N) is 1. The van der Waals surface area contributed by atoms with Crippen molar-refractivity contribution in [2.45, 2.75) is 11.4 Å². The number of ether oxygens (including phenoxy) is 1. The lowest BCUT2D eigenvalue weighted by Crippen LogP contribution is -2.24. The second-order valence-corrected chi connectivity index (χ2v) is 7.79. The van der Waals surface area contributed by atoms with Gasteiger partial charge in [-0.05, 0) is 41.3 Å². The van der Waals surface area contributed by atoms with Gasteiger partial charge in [0.2, 0.25) is 10.0 Å². The van der Waals surface area contributed by atoms with Gasteiger partial charge in [-0.3, -0.25) is 4.98 Å². The number of pyridine rings is 1. The minimum atomic E-state index is -3.95. The van der Waals surface area contributed by atoms with E-state index in [9.17, 15) is 12.8 Å². The molecule has 0 bridgehead atoms. The van der Waals surface area contributed by atoms with Gasteiger partial charge in [0.05, 0.1) is 17.7 Å². The molecule has 0 atom stereocenters. The van der Waals surface area contributed by atoms with Crippen molar-refractivity contribution in [1.29, 1.82) is 0 Å². The Morgan fingerprint density at radius 1 is 1.24 bits per heavy atom. The van der Waals surface area contributed by atoms with Gasteiger partial charge in [0.1, 0.15) is 16.5 Å². The largest absolute Gasteiger partial charge is 0.495 e. The first-order valence-electron chi connectivity index (χ1n) is 7.32. The molecule has 8 heteroatoms. The summed E-state index contributed by atoms with van der Waals surface area (Å²) in [5.74, 6) is -0.569. The molecule has 5 nitrogen and oxygen atoms in total. The van der Waals surface area contributed by atoms with Gasteiger partial charge < -0.3 is 4.74 Å². The van der Waals surface area contributed by atoms with Crippen molar-refractivity contribution in [2.75, 3.05) is 7.11 Å². The number of sulfonamides is 1. The third-order valence-electron chi connectivity index (χ3n) is 3.51. The lowest BCUT2D eigenvalue weighted by Gasteiger charge is -2.12. The summed E-state index contributed by atoms with van der Waals surface area (Å²) in [6.07, 6.45) is 1.66. The number of methoxy groups -OCH3 is 1. The molecule has 25 heavy (non-hydrogen) atoms. The summed E-state index contributed by atoms with van der Waals surface area (Å²) in [5.41, 5.74) is 1.44. The lowest BCUT2D eigenvalue weighted by atomic mass is 10.2. The third kappa shape index (κ3) is 3.87. The standard InChI is InChI=1S/C17H15FN2O3S2/c1-23-14-7-6-13(18)10-16(14)25(21,22)20-11-12-4-2-8-19-17(12)15-5-3-9-24-15/h2-10,20H,11H2,1H3. The summed E-state index contributed by atoms with van der Waals surface area (Å²) in [6.45, 7) is 0.0308. The van der Waals surface area contributed by atoms with Crippen molar-refractivity contribution >= 4 is 21.4 Å². The van der Waals surface area contributed by atoms with E-state index in [1.807, 2.05) is 17.5 Å². The summed E-state index contributed by atoms with van der Waals surface area (Å²) in [5, 5.41) is 1.93. The highest BCUT2D eigenvalue weighted by Crippen LogP contribution is 2.27. The molecule has 0 fully saturated rings. The van der Waals surface area contributed by atoms with Crippen LogP contribution >= 0.6 is 11.3 Å². The quantitative estimate of drug-likeness (QED) is 0.713. The predicted molar refractivity (Wildman–Crippen MR) is 94.5 cm³/mol. The minimum absolute atomic E-state index is 0.0308. The maximum Gasteiger partial charge on any atom is 0.244 e. The van der Waals surface area contributed by atoms with Crippen LogP contribution in [0.1, 0.15) is 5.56 Å². The Hall–Kier alpha value is -2.29. The zero-order valence-corrected chi connectivity index (χ0v) is 14.9. The van der Waals surface area contributed by atoms with Crippen molar-refractivity contribution in [2.24, 2.45) is 0 Å². The first-order valence-corrected chi connectivity index (χ1v) is 9.68. The van der Waals surface area contributed by atoms with Crippen molar-refractivity contribution in [1.82, 2.24) is 9.71 Å². The van der Waals surface area contributed by atoms with Crippen LogP contribution < -0.4 is 9.46 Å². The van der Waals surface area contributed by atoms with E-state index in [1.165, 1.54) is 24.5 Å². The smallest absolute Gasteiger partial charge is 0.244 e. The molecule has 3 aromatic rings. The Kier molecular flexibility index (Phi) is 5.12. The minimum Gasteiger partial charge on any atom is -0.495 e. The molecule has 3 rings (SSSR count). The zero-order chi connectivity index (χ0) is 17.9. The third-order valence-corrected chi connectivity index (χ3v) is 5.81. The van der Waals surface area contributed by atoms with Gasteiger partial charge in [-0.2, -0.15) is 0 Å². The average Bonchev–Trinajstić information content (AvgIpc) is 3.15. The molecule has 0 unspecified atom stereocenters. The first-order chi connectivity index (χ1) is 12.0. The normalized spacial score (nSPS) is 11.4. The fraction of sp³-hybridized carbons (Fsp3) is 0.118. The van der Waals surface area contributed by atoms with E-state index in [2.05, 4.69) is 9.71 Å². The molecule has 0 saturated carbocycles. The number of nitrogens with one attached hydrogen (secondary N) is 1. The Balaban J connectivity index is 1.88. The summed E-state index contributed by atoms with van der Waals surface area (Å²) in [6, 6.07) is 10.7. The molecule has 0 spiro atoms. The Bertz CT molecular complexity index is 973. The van der Waals surface area contributed by atoms with Crippen LogP contribution in [0.15, 0.2) is 58.9 Å². The van der Waals surface area contributed by atoms with Crippen LogP contribution in [0.4, 0.5) is 4.39 Å². The van der Waals surface area contributed by atoms with E-state index in [0.717, 1.165) is 22.6 Å². The molecule has 1 aromatic carbocycles. The second-order valence-electron chi connectivity index (χ2n) is 5.11. The summed E-state index contributed by atoms with van der Waals surface area (Å²) >= 11 is 1.52. The van der Waals surface area contributed by atoms with Crippen molar-refractivity contribution in [3.8, 4) is 16.3 Å². The Morgan fingerprint density at radius 3 is 2.80 bits per heavy atom. The van der Waals surface area contributed by atoms with Gasteiger partial charge in [0.15, 0.2) is 0 Å². The van der Waals surface area contributed by atoms with Crippen LogP contribution in [0, 0.1) is 5.82 Å². The number of benzene rings is 1. The lowest BCUT2D eigenvalue weighted by molar-refractivity contribution is 0.400. The number of rotatable bonds is 6. The highest BCUT2D eigenvalue weighted by molar-refractivity contribution is 7.89. The van der Waals surface area contributed by atoms with Crippen LogP contribution in [0.25, 0.3) is 10.6 Å². The molecule has 1 N–H and O–H groups in total. The molecule has 0 aliphatic heterocycles. The fourth-order valence-electron chi connectivity index (χ4n) is 2.33. The second kappa shape index (κ2) is 7.30. The Morgan fingerprint density at radius 2 is 2.08 bits per heavy atom. The molecule has 0 aliphatic carbocycles. The van der Waals surface area contributed by atoms with Crippen LogP contribution in [-0.4, -0.2) is 20.5 Å². The number of halogens is 1. The zero-order valence-electron chi connectivity index (χ0n) is 13.3. The average molecular weight is 378 g/mol. The van der Waals surface area contributed by atoms with E-state index < -0.39 is 15.8 Å². The molecule has 0 radical (unpaired) electrons. The van der Waals surface area contributed by atoms with E-state index in [4.69, 9.17) is 4.74 Å². The fourth-order valence-corrected chi connectivity index (χ4v) is 4.27. The number of hydrogen-bond acceptors (Lipinski definition) is 5. The molecule has 0 amide bonds. The van der Waals surface area contributed by atoms with Crippen molar-refractivity contribution < 1.29 is 17.5 Å². The van der Waals surface area contributed by atoms with Crippen LogP contribution in [0.5, 0.6) is 5.75 Å². The van der Waals surface area contributed by atoms with E-state index >= 15 is 0 Å². The van der Waals surface area contributed by atoms with Gasteiger partial charge in [-0.25, -0.2) is 17.5 Å². The predicted octanol–water partition coefficient (Wildman–Crippen LogP) is 3.44. The van der Waals surface area contributed by atoms with Crippen molar-refractivity contribution in [3.63, 3.8) is 0 Å². The molecular formula is C17H15FN2O3S2. The highest BCUT2D eigenvalue weighted by Gasteiger charge is 2.21. The van der Waals surface area contributed by atoms with Crippen molar-refractivity contribution in [3.05, 3.63) is 65.4 Å². The summed E-state index contributed by atoms with van der Waals surface area (Å²) in [4.78, 5) is 5.04. The maximum absolute atomic E-state index is 13.5. The molecule has 130 valence electrons. The molecule has 0 aliphatic rings. The summed E-state index contributed by atoms with van der Waals surface area (Å²) in [7, 11) is -2.61. The van der Waals surface area contributed by atoms with E-state index in [1.54, 1.807) is 18.3 Å². The number of aromatic nitrogens is 1. The monoisotopic (exact) mass is 378 g/mol. The molecule has 0 saturated heterocycles. The van der Waals surface area contributed by atoms with Crippen LogP contribution in [-0.2, 0) is 16.6 Å². The molecular weight excluding hydrogens is 363 g/mol. The summed E-state index contributed by atoms with van der Waals surface area (Å²) < 4.78 is 46.1. The van der Waals surface area contributed by atoms with E-state index in [0.29, 0.717) is 5.69 Å². The molecule has 2 heterocycles. The van der Waals surface area contributed by atoms with Gasteiger partial charge in [0.25, 0.3) is 0 Å². The van der Waals surface area contributed by atoms with E-state index in [-0.39, 0.29) is 17.2 Å². The van der Waals surface area contributed by atoms with Gasteiger partial charge in [0, 0.05) is 12.7 Å². The number of thiophene rings is 1. The Labute approximate surface area is 149 Å². The number of hydrogen-bond donors (Lipinski definition) is 1. The van der Waals surface area contributed by atoms with Gasteiger partial charge in [-0.15, -0.1) is 11.3 Å². The first kappa shape index (κ1) is 17.5.